The number of nitrogens with zero attached hydrogens (tertiary/aromatic N) is 2. The Balaban J connectivity index is 1.28. The van der Waals surface area contributed by atoms with Crippen molar-refractivity contribution in [3.63, 3.8) is 0 Å². The van der Waals surface area contributed by atoms with Crippen LogP contribution in [0, 0.1) is 0 Å². The number of furan rings is 1. The highest BCUT2D eigenvalue weighted by Crippen LogP contribution is 2.46. The second-order valence-corrected chi connectivity index (χ2v) is 11.2. The molecule has 0 amide bonds. The molecule has 0 unspecified atom stereocenters. The summed E-state index contributed by atoms with van der Waals surface area (Å²) in [5.41, 5.74) is 9.52. The summed E-state index contributed by atoms with van der Waals surface area (Å²) in [5.74, 6) is 0.581. The summed E-state index contributed by atoms with van der Waals surface area (Å²) in [4.78, 5) is 7.13. The van der Waals surface area contributed by atoms with Gasteiger partial charge in [-0.3, -0.25) is 0 Å². The van der Waals surface area contributed by atoms with E-state index in [1.165, 1.54) is 16.5 Å². The lowest BCUT2D eigenvalue weighted by Crippen LogP contribution is -2.10. The van der Waals surface area contributed by atoms with E-state index in [-0.39, 0.29) is 0 Å². The lowest BCUT2D eigenvalue weighted by Gasteiger charge is -2.27. The van der Waals surface area contributed by atoms with Crippen molar-refractivity contribution in [3.8, 4) is 22.6 Å². The maximum Gasteiger partial charge on any atom is 0.228 e. The molecule has 0 atom stereocenters. The zero-order valence-corrected chi connectivity index (χ0v) is 24.2. The van der Waals surface area contributed by atoms with Crippen molar-refractivity contribution in [2.75, 3.05) is 4.90 Å². The summed E-state index contributed by atoms with van der Waals surface area (Å²) < 4.78 is 13.0. The van der Waals surface area contributed by atoms with Crippen molar-refractivity contribution in [1.82, 2.24) is 4.98 Å². The Morgan fingerprint density at radius 3 is 2.02 bits per heavy atom. The van der Waals surface area contributed by atoms with Gasteiger partial charge in [0.25, 0.3) is 0 Å². The molecular formula is C41H26N2O2. The number of para-hydroxylation sites is 3. The van der Waals surface area contributed by atoms with Crippen LogP contribution in [0.2, 0.25) is 0 Å². The van der Waals surface area contributed by atoms with Crippen molar-refractivity contribution >= 4 is 60.9 Å². The van der Waals surface area contributed by atoms with E-state index in [1.54, 1.807) is 0 Å². The normalized spacial score (nSPS) is 11.6. The average Bonchev–Trinajstić information content (AvgIpc) is 3.72. The Morgan fingerprint density at radius 1 is 0.467 bits per heavy atom. The summed E-state index contributed by atoms with van der Waals surface area (Å²) >= 11 is 0. The van der Waals surface area contributed by atoms with Gasteiger partial charge in [0.1, 0.15) is 11.1 Å². The molecule has 2 aromatic heterocycles. The summed E-state index contributed by atoms with van der Waals surface area (Å²) in [6.07, 6.45) is 0. The minimum atomic E-state index is 0.581. The van der Waals surface area contributed by atoms with E-state index in [4.69, 9.17) is 13.8 Å². The molecule has 4 nitrogen and oxygen atoms in total. The smallest absolute Gasteiger partial charge is 0.228 e. The van der Waals surface area contributed by atoms with Crippen molar-refractivity contribution < 1.29 is 8.83 Å². The van der Waals surface area contributed by atoms with Crippen LogP contribution in [0.25, 0.3) is 66.4 Å². The molecule has 7 aromatic carbocycles. The van der Waals surface area contributed by atoms with E-state index in [1.807, 2.05) is 42.5 Å². The molecule has 9 aromatic rings. The van der Waals surface area contributed by atoms with Crippen molar-refractivity contribution in [1.29, 1.82) is 0 Å². The standard InChI is InChI=1S/C41H26N2O2/c1-2-11-27(12-3-1)28-23-25-30(26-24-28)43(35-19-8-14-29-13-4-5-15-31(29)35)36-20-9-16-32-39-33(17-10-22-38(39)44-40(32)36)41-42-34-18-6-7-21-37(34)45-41/h1-26H. The summed E-state index contributed by atoms with van der Waals surface area (Å²) in [7, 11) is 0. The van der Waals surface area contributed by atoms with Crippen molar-refractivity contribution in [2.45, 2.75) is 0 Å². The largest absolute Gasteiger partial charge is 0.454 e. The van der Waals surface area contributed by atoms with E-state index in [9.17, 15) is 0 Å². The highest BCUT2D eigenvalue weighted by molar-refractivity contribution is 6.16. The quantitative estimate of drug-likeness (QED) is 0.204. The van der Waals surface area contributed by atoms with Gasteiger partial charge in [0.05, 0.1) is 11.4 Å². The Morgan fingerprint density at radius 2 is 1.13 bits per heavy atom. The summed E-state index contributed by atoms with van der Waals surface area (Å²) in [5, 5.41) is 4.33. The molecule has 212 valence electrons. The van der Waals surface area contributed by atoms with Crippen molar-refractivity contribution in [2.24, 2.45) is 0 Å². The number of fused-ring (bicyclic) bond motifs is 5. The lowest BCUT2D eigenvalue weighted by molar-refractivity contribution is 0.620. The molecule has 4 heteroatoms. The minimum Gasteiger partial charge on any atom is -0.454 e. The fourth-order valence-electron chi connectivity index (χ4n) is 6.42. The van der Waals surface area contributed by atoms with Crippen LogP contribution >= 0.6 is 0 Å². The maximum absolute atomic E-state index is 6.74. The third kappa shape index (κ3) is 4.19. The van der Waals surface area contributed by atoms with Gasteiger partial charge in [-0.1, -0.05) is 109 Å². The lowest BCUT2D eigenvalue weighted by atomic mass is 10.0. The van der Waals surface area contributed by atoms with Gasteiger partial charge in [-0.2, -0.15) is 0 Å². The number of anilines is 3. The average molecular weight is 579 g/mol. The first-order chi connectivity index (χ1) is 22.3. The van der Waals surface area contributed by atoms with Gasteiger partial charge in [-0.05, 0) is 65.0 Å². The van der Waals surface area contributed by atoms with E-state index < -0.39 is 0 Å². The summed E-state index contributed by atoms with van der Waals surface area (Å²) in [6, 6.07) is 54.5. The molecular weight excluding hydrogens is 552 g/mol. The topological polar surface area (TPSA) is 42.4 Å². The molecule has 0 aliphatic rings. The fraction of sp³-hybridized carbons (Fsp3) is 0. The second kappa shape index (κ2) is 10.2. The molecule has 0 radical (unpaired) electrons. The first-order valence-electron chi connectivity index (χ1n) is 15.1. The number of hydrogen-bond donors (Lipinski definition) is 0. The van der Waals surface area contributed by atoms with Crippen LogP contribution in [0.5, 0.6) is 0 Å². The molecule has 0 spiro atoms. The number of benzene rings is 7. The predicted octanol–water partition coefficient (Wildman–Crippen LogP) is 11.7. The van der Waals surface area contributed by atoms with Gasteiger partial charge in [-0.15, -0.1) is 0 Å². The van der Waals surface area contributed by atoms with E-state index >= 15 is 0 Å². The monoisotopic (exact) mass is 578 g/mol. The third-order valence-corrected chi connectivity index (χ3v) is 8.51. The highest BCUT2D eigenvalue weighted by Gasteiger charge is 2.23. The molecule has 0 fully saturated rings. The van der Waals surface area contributed by atoms with Gasteiger partial charge >= 0.3 is 0 Å². The number of rotatable bonds is 5. The third-order valence-electron chi connectivity index (χ3n) is 8.51. The van der Waals surface area contributed by atoms with Crippen LogP contribution in [0.4, 0.5) is 17.1 Å². The van der Waals surface area contributed by atoms with Crippen LogP contribution in [-0.2, 0) is 0 Å². The Kier molecular flexibility index (Phi) is 5.78. The zero-order chi connectivity index (χ0) is 29.7. The Labute approximate surface area is 259 Å². The van der Waals surface area contributed by atoms with Crippen LogP contribution in [0.3, 0.4) is 0 Å². The fourth-order valence-corrected chi connectivity index (χ4v) is 6.42. The molecule has 2 heterocycles. The first kappa shape index (κ1) is 25.4. The number of hydrogen-bond acceptors (Lipinski definition) is 4. The zero-order valence-electron chi connectivity index (χ0n) is 24.2. The molecule has 0 N–H and O–H groups in total. The number of aromatic nitrogens is 1. The van der Waals surface area contributed by atoms with Gasteiger partial charge < -0.3 is 13.7 Å². The van der Waals surface area contributed by atoms with Crippen LogP contribution in [-0.4, -0.2) is 4.98 Å². The van der Waals surface area contributed by atoms with Gasteiger partial charge in [-0.25, -0.2) is 4.98 Å². The van der Waals surface area contributed by atoms with Gasteiger partial charge in [0.15, 0.2) is 11.2 Å². The minimum absolute atomic E-state index is 0.581. The predicted molar refractivity (Wildman–Crippen MR) is 184 cm³/mol. The molecule has 0 saturated carbocycles. The van der Waals surface area contributed by atoms with Crippen LogP contribution in [0.1, 0.15) is 0 Å². The van der Waals surface area contributed by atoms with Gasteiger partial charge in [0, 0.05) is 27.4 Å². The van der Waals surface area contributed by atoms with E-state index in [0.29, 0.717) is 5.89 Å². The van der Waals surface area contributed by atoms with Gasteiger partial charge in [0.2, 0.25) is 5.89 Å². The molecule has 0 aliphatic heterocycles. The Hall–Kier alpha value is -6.13. The Bertz CT molecular complexity index is 2450. The number of oxazole rings is 1. The SMILES string of the molecule is c1ccc(-c2ccc(N(c3cccc4ccccc34)c3cccc4c3oc3cccc(-c5nc6ccccc6o5)c34)cc2)cc1. The highest BCUT2D eigenvalue weighted by atomic mass is 16.3. The van der Waals surface area contributed by atoms with Crippen molar-refractivity contribution in [3.05, 3.63) is 158 Å². The van der Waals surface area contributed by atoms with Crippen LogP contribution < -0.4 is 4.90 Å². The molecule has 0 aliphatic carbocycles. The second-order valence-electron chi connectivity index (χ2n) is 11.2. The molecule has 45 heavy (non-hydrogen) atoms. The van der Waals surface area contributed by atoms with E-state index in [0.717, 1.165) is 61.1 Å². The first-order valence-corrected chi connectivity index (χ1v) is 15.1. The molecule has 0 bridgehead atoms. The summed E-state index contributed by atoms with van der Waals surface area (Å²) in [6.45, 7) is 0. The molecule has 9 rings (SSSR count). The molecule has 0 saturated heterocycles. The van der Waals surface area contributed by atoms with E-state index in [2.05, 4.69) is 120 Å². The van der Waals surface area contributed by atoms with Crippen LogP contribution in [0.15, 0.2) is 167 Å². The maximum atomic E-state index is 6.74.